The highest BCUT2D eigenvalue weighted by atomic mass is 16.5. The van der Waals surface area contributed by atoms with Crippen molar-refractivity contribution < 1.29 is 14.3 Å². The molecule has 41 heavy (non-hydrogen) atoms. The largest absolute Gasteiger partial charge is 0.369 e. The van der Waals surface area contributed by atoms with E-state index in [1.54, 1.807) is 7.05 Å². The molecule has 0 spiro atoms. The van der Waals surface area contributed by atoms with Crippen molar-refractivity contribution in [2.45, 2.75) is 142 Å². The highest BCUT2D eigenvalue weighted by molar-refractivity contribution is 5.99. The zero-order chi connectivity index (χ0) is 31.1. The first-order valence-corrected chi connectivity index (χ1v) is 15.4. The van der Waals surface area contributed by atoms with E-state index >= 15 is 0 Å². The summed E-state index contributed by atoms with van der Waals surface area (Å²) in [6.07, 6.45) is 11.7. The van der Waals surface area contributed by atoms with Gasteiger partial charge in [-0.25, -0.2) is 0 Å². The van der Waals surface area contributed by atoms with Crippen LogP contribution in [0.3, 0.4) is 0 Å². The van der Waals surface area contributed by atoms with Crippen LogP contribution in [-0.2, 0) is 14.3 Å². The van der Waals surface area contributed by atoms with Crippen LogP contribution < -0.4 is 16.8 Å². The summed E-state index contributed by atoms with van der Waals surface area (Å²) >= 11 is 0. The molecule has 0 fully saturated rings. The van der Waals surface area contributed by atoms with Crippen LogP contribution in [0, 0.1) is 0 Å². The molecule has 2 aliphatic rings. The number of nitrogens with two attached hydrogens (primary N) is 2. The Balaban J connectivity index is 0.000000410. The second-order valence-corrected chi connectivity index (χ2v) is 10.9. The highest BCUT2D eigenvalue weighted by Crippen LogP contribution is 2.26. The van der Waals surface area contributed by atoms with Crippen molar-refractivity contribution >= 4 is 23.5 Å². The van der Waals surface area contributed by atoms with E-state index in [4.69, 9.17) is 20.9 Å². The molecule has 5 N–H and O–H groups in total. The van der Waals surface area contributed by atoms with Crippen LogP contribution in [0.15, 0.2) is 38.3 Å². The van der Waals surface area contributed by atoms with Crippen LogP contribution in [0.4, 0.5) is 0 Å². The Morgan fingerprint density at radius 1 is 0.878 bits per heavy atom. The van der Waals surface area contributed by atoms with Crippen LogP contribution in [-0.4, -0.2) is 86.2 Å². The van der Waals surface area contributed by atoms with Gasteiger partial charge in [-0.1, -0.05) is 27.7 Å². The molecule has 0 bridgehead atoms. The lowest BCUT2D eigenvalue weighted by Crippen LogP contribution is -2.57. The van der Waals surface area contributed by atoms with E-state index in [0.717, 1.165) is 49.1 Å². The van der Waals surface area contributed by atoms with Gasteiger partial charge in [0, 0.05) is 44.5 Å². The molecule has 1 amide bonds. The van der Waals surface area contributed by atoms with Gasteiger partial charge in [-0.2, -0.15) is 0 Å². The quantitative estimate of drug-likeness (QED) is 0.293. The summed E-state index contributed by atoms with van der Waals surface area (Å²) < 4.78 is 12.4. The molecule has 9 nitrogen and oxygen atoms in total. The lowest BCUT2D eigenvalue weighted by molar-refractivity contribution is -0.121. The van der Waals surface area contributed by atoms with E-state index in [-0.39, 0.29) is 54.5 Å². The van der Waals surface area contributed by atoms with Crippen molar-refractivity contribution in [1.29, 1.82) is 0 Å². The second kappa shape index (κ2) is 19.1. The summed E-state index contributed by atoms with van der Waals surface area (Å²) in [6.45, 7) is 16.0. The van der Waals surface area contributed by atoms with E-state index in [9.17, 15) is 4.79 Å². The molecule has 0 saturated heterocycles. The predicted molar refractivity (Wildman–Crippen MR) is 173 cm³/mol. The van der Waals surface area contributed by atoms with E-state index in [1.807, 2.05) is 34.0 Å². The summed E-state index contributed by atoms with van der Waals surface area (Å²) in [5.74, 6) is -0.0775. The first kappa shape index (κ1) is 36.8. The number of carbonyl (C=O) groups is 1. The van der Waals surface area contributed by atoms with Crippen LogP contribution >= 0.6 is 0 Å². The Morgan fingerprint density at radius 3 is 1.73 bits per heavy atom. The van der Waals surface area contributed by atoms with Crippen LogP contribution in [0.1, 0.15) is 93.9 Å². The topological polar surface area (TPSA) is 137 Å². The number of hydrogen-bond acceptors (Lipinski definition) is 8. The van der Waals surface area contributed by atoms with Crippen LogP contribution in [0.2, 0.25) is 0 Å². The molecule has 0 heterocycles. The molecule has 0 aromatic heterocycles. The monoisotopic (exact) mass is 574 g/mol. The summed E-state index contributed by atoms with van der Waals surface area (Å²) in [5, 5.41) is 2.94. The molecule has 9 heteroatoms. The van der Waals surface area contributed by atoms with Gasteiger partial charge in [0.05, 0.1) is 30.4 Å². The Kier molecular flexibility index (Phi) is 17.1. The summed E-state index contributed by atoms with van der Waals surface area (Å²) in [6, 6.07) is -0.349. The fraction of sp³-hybridized carbons (Fsp3) is 0.750. The smallest absolute Gasteiger partial charge is 0.217 e. The van der Waals surface area contributed by atoms with Crippen LogP contribution in [0.5, 0.6) is 0 Å². The minimum absolute atomic E-state index is 0.00834. The third-order valence-electron chi connectivity index (χ3n) is 8.04. The van der Waals surface area contributed by atoms with Gasteiger partial charge < -0.3 is 26.3 Å². The maximum Gasteiger partial charge on any atom is 0.217 e. The second-order valence-electron chi connectivity index (χ2n) is 10.9. The number of amides is 1. The van der Waals surface area contributed by atoms with Gasteiger partial charge >= 0.3 is 0 Å². The average Bonchev–Trinajstić information content (AvgIpc) is 2.96. The maximum atomic E-state index is 11.4. The normalized spacial score (nSPS) is 27.5. The third-order valence-corrected chi connectivity index (χ3v) is 8.04. The standard InChI is InChI=1S/C16H29N3O2.C16H29N3O/c1-6-13(7-2)21-15-9-12(10(3)18-5)8-14(17)16(15)19-11(4)20;1-6-13(7-2)20-15-10-12(11(4)18-5)9-14(17)16(15)19-8-3/h9,13-16H,6-8,17H2,1-5H3,(H,19,20);8,10,13-16H,6-7,9,17H2,1-5H3/t2*14-,15+,16+/m00/s1. The number of nitrogens with zero attached hydrogens (tertiary/aromatic N) is 3. The molecule has 2 rings (SSSR count). The minimum atomic E-state index is -0.200. The molecule has 0 aromatic rings. The fourth-order valence-electron chi connectivity index (χ4n) is 5.24. The molecule has 6 atom stereocenters. The molecule has 2 aliphatic carbocycles. The van der Waals surface area contributed by atoms with Gasteiger partial charge in [0.15, 0.2) is 0 Å². The van der Waals surface area contributed by atoms with Gasteiger partial charge in [0.1, 0.15) is 6.10 Å². The zero-order valence-corrected chi connectivity index (χ0v) is 27.3. The summed E-state index contributed by atoms with van der Waals surface area (Å²) in [7, 11) is 3.59. The number of nitrogens with one attached hydrogen (secondary N) is 1. The third kappa shape index (κ3) is 11.5. The predicted octanol–water partition coefficient (Wildman–Crippen LogP) is 4.58. The van der Waals surface area contributed by atoms with Gasteiger partial charge in [-0.3, -0.25) is 19.8 Å². The van der Waals surface area contributed by atoms with E-state index in [0.29, 0.717) is 6.42 Å². The van der Waals surface area contributed by atoms with Gasteiger partial charge in [-0.15, -0.1) is 0 Å². The number of aliphatic imine (C=N–C) groups is 3. The molecular weight excluding hydrogens is 516 g/mol. The summed E-state index contributed by atoms with van der Waals surface area (Å²) in [4.78, 5) is 24.5. The number of ether oxygens (including phenoxy) is 2. The van der Waals surface area contributed by atoms with Crippen molar-refractivity contribution in [3.63, 3.8) is 0 Å². The lowest BCUT2D eigenvalue weighted by atomic mass is 9.86. The first-order chi connectivity index (χ1) is 19.5. The van der Waals surface area contributed by atoms with E-state index in [2.05, 4.69) is 60.1 Å². The molecule has 0 unspecified atom stereocenters. The molecule has 0 aliphatic heterocycles. The Bertz CT molecular complexity index is 949. The van der Waals surface area contributed by atoms with Gasteiger partial charge in [-0.05, 0) is 88.8 Å². The number of carbonyl (C=O) groups excluding carboxylic acids is 1. The zero-order valence-electron chi connectivity index (χ0n) is 27.3. The first-order valence-electron chi connectivity index (χ1n) is 15.4. The van der Waals surface area contributed by atoms with Gasteiger partial charge in [0.25, 0.3) is 0 Å². The summed E-state index contributed by atoms with van der Waals surface area (Å²) in [5.41, 5.74) is 16.9. The molecule has 0 saturated carbocycles. The van der Waals surface area contributed by atoms with Crippen molar-refractivity contribution in [2.75, 3.05) is 14.1 Å². The van der Waals surface area contributed by atoms with E-state index in [1.165, 1.54) is 12.5 Å². The number of rotatable bonds is 12. The average molecular weight is 575 g/mol. The van der Waals surface area contributed by atoms with Crippen LogP contribution in [0.25, 0.3) is 0 Å². The van der Waals surface area contributed by atoms with Gasteiger partial charge in [0.2, 0.25) is 5.91 Å². The molecule has 0 radical (unpaired) electrons. The molecule has 0 aromatic carbocycles. The number of hydrogen-bond donors (Lipinski definition) is 3. The Hall–Kier alpha value is -2.20. The minimum Gasteiger partial charge on any atom is -0.369 e. The highest BCUT2D eigenvalue weighted by Gasteiger charge is 2.35. The Morgan fingerprint density at radius 2 is 1.32 bits per heavy atom. The van der Waals surface area contributed by atoms with E-state index < -0.39 is 0 Å². The van der Waals surface area contributed by atoms with Crippen molar-refractivity contribution in [2.24, 2.45) is 26.4 Å². The Labute approximate surface area is 249 Å². The van der Waals surface area contributed by atoms with Crippen molar-refractivity contribution in [3.05, 3.63) is 23.3 Å². The van der Waals surface area contributed by atoms with Crippen molar-refractivity contribution in [3.8, 4) is 0 Å². The maximum absolute atomic E-state index is 11.4. The fourth-order valence-corrected chi connectivity index (χ4v) is 5.24. The molecular formula is C32H58N6O3. The SMILES string of the molecule is CC=N[C@@H]1[C@@H](N)CC(C(C)=NC)=C[C@H]1OC(CC)CC.CCC(CC)O[C@@H]1C=C(C(C)=NC)C[C@H](N)[C@H]1NC(C)=O. The van der Waals surface area contributed by atoms with Crippen molar-refractivity contribution in [1.82, 2.24) is 5.32 Å². The molecule has 234 valence electrons. The lowest BCUT2D eigenvalue weighted by Gasteiger charge is -2.37.